The number of hydrogen-bond acceptors (Lipinski definition) is 6. The summed E-state index contributed by atoms with van der Waals surface area (Å²) < 4.78 is 10.5. The molecule has 0 radical (unpaired) electrons. The van der Waals surface area contributed by atoms with Gasteiger partial charge in [-0.25, -0.2) is 0 Å². The SMILES string of the molecule is Nc1ccc(-c2nc(C3CCOC3)no2)cc1O. The third kappa shape index (κ3) is 1.91. The fraction of sp³-hybridized carbons (Fsp3) is 0.333. The highest BCUT2D eigenvalue weighted by Gasteiger charge is 2.23. The zero-order valence-electron chi connectivity index (χ0n) is 9.67. The van der Waals surface area contributed by atoms with E-state index in [-0.39, 0.29) is 11.7 Å². The molecule has 0 aliphatic carbocycles. The topological polar surface area (TPSA) is 94.4 Å². The minimum atomic E-state index is 0.0106. The van der Waals surface area contributed by atoms with Crippen LogP contribution < -0.4 is 5.73 Å². The first-order chi connectivity index (χ1) is 8.74. The summed E-state index contributed by atoms with van der Waals surface area (Å²) in [6, 6.07) is 4.85. The van der Waals surface area contributed by atoms with E-state index in [0.29, 0.717) is 29.6 Å². The van der Waals surface area contributed by atoms with Crippen LogP contribution in [-0.2, 0) is 4.74 Å². The van der Waals surface area contributed by atoms with Gasteiger partial charge in [-0.3, -0.25) is 0 Å². The van der Waals surface area contributed by atoms with Crippen LogP contribution in [0.4, 0.5) is 5.69 Å². The number of hydrogen-bond donors (Lipinski definition) is 2. The molecule has 18 heavy (non-hydrogen) atoms. The highest BCUT2D eigenvalue weighted by Crippen LogP contribution is 2.29. The van der Waals surface area contributed by atoms with Crippen LogP contribution in [0.1, 0.15) is 18.2 Å². The minimum Gasteiger partial charge on any atom is -0.506 e. The molecule has 94 valence electrons. The van der Waals surface area contributed by atoms with Gasteiger partial charge >= 0.3 is 0 Å². The van der Waals surface area contributed by atoms with E-state index in [0.717, 1.165) is 13.0 Å². The summed E-state index contributed by atoms with van der Waals surface area (Å²) in [5.74, 6) is 1.24. The van der Waals surface area contributed by atoms with E-state index in [1.807, 2.05) is 0 Å². The van der Waals surface area contributed by atoms with Crippen molar-refractivity contribution < 1.29 is 14.4 Å². The Morgan fingerprint density at radius 2 is 2.28 bits per heavy atom. The predicted molar refractivity (Wildman–Crippen MR) is 64.0 cm³/mol. The number of benzene rings is 1. The van der Waals surface area contributed by atoms with Gasteiger partial charge in [0, 0.05) is 18.1 Å². The summed E-state index contributed by atoms with van der Waals surface area (Å²) in [6.45, 7) is 1.36. The van der Waals surface area contributed by atoms with Crippen molar-refractivity contribution >= 4 is 5.69 Å². The Kier molecular flexibility index (Phi) is 2.64. The summed E-state index contributed by atoms with van der Waals surface area (Å²) in [6.07, 6.45) is 0.909. The Morgan fingerprint density at radius 1 is 1.39 bits per heavy atom. The molecular formula is C12H13N3O3. The number of phenols is 1. The second kappa shape index (κ2) is 4.30. The Morgan fingerprint density at radius 3 is 3.00 bits per heavy atom. The summed E-state index contributed by atoms with van der Waals surface area (Å²) in [4.78, 5) is 4.32. The first-order valence-corrected chi connectivity index (χ1v) is 5.74. The van der Waals surface area contributed by atoms with Crippen LogP contribution in [0.25, 0.3) is 11.5 Å². The van der Waals surface area contributed by atoms with Gasteiger partial charge in [-0.1, -0.05) is 5.16 Å². The summed E-state index contributed by atoms with van der Waals surface area (Å²) in [7, 11) is 0. The van der Waals surface area contributed by atoms with Crippen molar-refractivity contribution in [3.05, 3.63) is 24.0 Å². The van der Waals surface area contributed by atoms with E-state index in [4.69, 9.17) is 15.0 Å². The second-order valence-corrected chi connectivity index (χ2v) is 4.29. The molecule has 2 heterocycles. The number of ether oxygens (including phenoxy) is 1. The maximum atomic E-state index is 9.54. The maximum Gasteiger partial charge on any atom is 0.258 e. The molecule has 1 aliphatic rings. The fourth-order valence-electron chi connectivity index (χ4n) is 1.93. The van der Waals surface area contributed by atoms with Gasteiger partial charge in [0.15, 0.2) is 5.82 Å². The van der Waals surface area contributed by atoms with Gasteiger partial charge in [0.1, 0.15) is 5.75 Å². The molecule has 0 spiro atoms. The highest BCUT2D eigenvalue weighted by molar-refractivity contribution is 5.63. The van der Waals surface area contributed by atoms with Gasteiger partial charge in [0.05, 0.1) is 12.3 Å². The Balaban J connectivity index is 1.89. The lowest BCUT2D eigenvalue weighted by Gasteiger charge is -2.00. The van der Waals surface area contributed by atoms with E-state index in [2.05, 4.69) is 10.1 Å². The number of anilines is 1. The number of nitrogen functional groups attached to an aromatic ring is 1. The van der Waals surface area contributed by atoms with Gasteiger partial charge in [0.25, 0.3) is 5.89 Å². The van der Waals surface area contributed by atoms with E-state index >= 15 is 0 Å². The van der Waals surface area contributed by atoms with E-state index < -0.39 is 0 Å². The van der Waals surface area contributed by atoms with Crippen LogP contribution in [0.5, 0.6) is 5.75 Å². The Hall–Kier alpha value is -2.08. The van der Waals surface area contributed by atoms with Crippen molar-refractivity contribution in [1.29, 1.82) is 0 Å². The lowest BCUT2D eigenvalue weighted by molar-refractivity contribution is 0.192. The third-order valence-electron chi connectivity index (χ3n) is 3.01. The molecule has 1 saturated heterocycles. The van der Waals surface area contributed by atoms with Crippen molar-refractivity contribution in [1.82, 2.24) is 10.1 Å². The number of phenolic OH excluding ortho intramolecular Hbond substituents is 1. The van der Waals surface area contributed by atoms with Gasteiger partial charge < -0.3 is 20.1 Å². The van der Waals surface area contributed by atoms with Crippen LogP contribution in [0.15, 0.2) is 22.7 Å². The molecule has 6 heteroatoms. The van der Waals surface area contributed by atoms with Gasteiger partial charge in [-0.15, -0.1) is 0 Å². The number of nitrogens with zero attached hydrogens (tertiary/aromatic N) is 2. The minimum absolute atomic E-state index is 0.0106. The lowest BCUT2D eigenvalue weighted by Crippen LogP contribution is -1.99. The molecule has 0 amide bonds. The van der Waals surface area contributed by atoms with Gasteiger partial charge in [-0.2, -0.15) is 4.98 Å². The van der Waals surface area contributed by atoms with E-state index in [1.54, 1.807) is 12.1 Å². The molecule has 1 atom stereocenters. The van der Waals surface area contributed by atoms with Crippen LogP contribution in [0.3, 0.4) is 0 Å². The molecule has 1 unspecified atom stereocenters. The largest absolute Gasteiger partial charge is 0.506 e. The fourth-order valence-corrected chi connectivity index (χ4v) is 1.93. The molecule has 3 N–H and O–H groups in total. The zero-order valence-corrected chi connectivity index (χ0v) is 9.67. The molecule has 1 fully saturated rings. The maximum absolute atomic E-state index is 9.54. The third-order valence-corrected chi connectivity index (χ3v) is 3.01. The van der Waals surface area contributed by atoms with Crippen LogP contribution in [-0.4, -0.2) is 28.5 Å². The number of aromatic hydroxyl groups is 1. The van der Waals surface area contributed by atoms with Crippen molar-refractivity contribution in [2.45, 2.75) is 12.3 Å². The molecule has 1 aromatic heterocycles. The summed E-state index contributed by atoms with van der Waals surface area (Å²) in [5, 5.41) is 13.5. The molecule has 2 aromatic rings. The zero-order chi connectivity index (χ0) is 12.5. The second-order valence-electron chi connectivity index (χ2n) is 4.29. The van der Waals surface area contributed by atoms with Gasteiger partial charge in [0.2, 0.25) is 0 Å². The predicted octanol–water partition coefficient (Wildman–Crippen LogP) is 1.53. The average Bonchev–Trinajstić information content (AvgIpc) is 3.01. The molecule has 3 rings (SSSR count). The summed E-state index contributed by atoms with van der Waals surface area (Å²) in [5.41, 5.74) is 6.51. The number of rotatable bonds is 2. The average molecular weight is 247 g/mol. The first-order valence-electron chi connectivity index (χ1n) is 5.74. The molecule has 0 bridgehead atoms. The van der Waals surface area contributed by atoms with Crippen molar-refractivity contribution in [3.63, 3.8) is 0 Å². The normalized spacial score (nSPS) is 19.2. The van der Waals surface area contributed by atoms with Crippen LogP contribution >= 0.6 is 0 Å². The first kappa shape index (κ1) is 11.0. The number of nitrogens with two attached hydrogens (primary N) is 1. The smallest absolute Gasteiger partial charge is 0.258 e. The molecule has 6 nitrogen and oxygen atoms in total. The lowest BCUT2D eigenvalue weighted by atomic mass is 10.1. The van der Waals surface area contributed by atoms with Crippen molar-refractivity contribution in [2.75, 3.05) is 18.9 Å². The standard InChI is InChI=1S/C12H13N3O3/c13-9-2-1-7(5-10(9)16)12-14-11(15-18-12)8-3-4-17-6-8/h1-2,5,8,16H,3-4,6,13H2. The van der Waals surface area contributed by atoms with E-state index in [1.165, 1.54) is 6.07 Å². The van der Waals surface area contributed by atoms with E-state index in [9.17, 15) is 5.11 Å². The summed E-state index contributed by atoms with van der Waals surface area (Å²) >= 11 is 0. The van der Waals surface area contributed by atoms with Crippen LogP contribution in [0, 0.1) is 0 Å². The highest BCUT2D eigenvalue weighted by atomic mass is 16.5. The molecular weight excluding hydrogens is 234 g/mol. The molecule has 1 aromatic carbocycles. The van der Waals surface area contributed by atoms with Crippen LogP contribution in [0.2, 0.25) is 0 Å². The Bertz CT molecular complexity index is 561. The van der Waals surface area contributed by atoms with Crippen molar-refractivity contribution in [3.8, 4) is 17.2 Å². The quantitative estimate of drug-likeness (QED) is 0.617. The van der Waals surface area contributed by atoms with Gasteiger partial charge in [-0.05, 0) is 24.6 Å². The monoisotopic (exact) mass is 247 g/mol. The molecule has 0 saturated carbocycles. The molecule has 1 aliphatic heterocycles. The Labute approximate surface area is 103 Å². The number of aromatic nitrogens is 2. The van der Waals surface area contributed by atoms with Crippen molar-refractivity contribution in [2.24, 2.45) is 0 Å².